The van der Waals surface area contributed by atoms with E-state index in [1.165, 1.54) is 24.0 Å². The molecule has 1 aliphatic heterocycles. The Morgan fingerprint density at radius 3 is 2.33 bits per heavy atom. The molecule has 2 fully saturated rings. The van der Waals surface area contributed by atoms with Gasteiger partial charge < -0.3 is 9.80 Å². The summed E-state index contributed by atoms with van der Waals surface area (Å²) in [6.07, 6.45) is 9.69. The third-order valence-corrected chi connectivity index (χ3v) is 6.26. The van der Waals surface area contributed by atoms with Crippen molar-refractivity contribution in [3.8, 4) is 6.07 Å². The Labute approximate surface area is 190 Å². The molecule has 0 radical (unpaired) electrons. The van der Waals surface area contributed by atoms with E-state index < -0.39 is 6.43 Å². The summed E-state index contributed by atoms with van der Waals surface area (Å²) in [6, 6.07) is 7.39. The van der Waals surface area contributed by atoms with E-state index in [0.717, 1.165) is 50.1 Å². The first-order valence-corrected chi connectivity index (χ1v) is 11.1. The number of alkyl halides is 2. The number of nitriles is 1. The van der Waals surface area contributed by atoms with Gasteiger partial charge in [0.25, 0.3) is 6.43 Å². The first-order chi connectivity index (χ1) is 16.1. The van der Waals surface area contributed by atoms with Gasteiger partial charge in [-0.05, 0) is 55.4 Å². The Kier molecular flexibility index (Phi) is 5.82. The van der Waals surface area contributed by atoms with E-state index in [9.17, 15) is 8.78 Å². The molecule has 2 aliphatic rings. The Morgan fingerprint density at radius 1 is 0.970 bits per heavy atom. The minimum absolute atomic E-state index is 0.153. The minimum atomic E-state index is -2.59. The predicted octanol–water partition coefficient (Wildman–Crippen LogP) is 4.76. The molecule has 3 aromatic heterocycles. The molecular weight excluding hydrogens is 424 g/mol. The fourth-order valence-corrected chi connectivity index (χ4v) is 4.42. The van der Waals surface area contributed by atoms with Crippen LogP contribution in [0.1, 0.15) is 54.8 Å². The summed E-state index contributed by atoms with van der Waals surface area (Å²) in [4.78, 5) is 21.4. The highest BCUT2D eigenvalue weighted by Gasteiger charge is 2.33. The molecule has 1 saturated carbocycles. The molecule has 1 saturated heterocycles. The number of rotatable bonds is 6. The van der Waals surface area contributed by atoms with Crippen molar-refractivity contribution in [3.63, 3.8) is 0 Å². The zero-order chi connectivity index (χ0) is 22.8. The maximum Gasteiger partial charge on any atom is 0.280 e. The quantitative estimate of drug-likeness (QED) is 0.539. The molecule has 168 valence electrons. The Hall–Kier alpha value is -3.67. The summed E-state index contributed by atoms with van der Waals surface area (Å²) in [5, 5.41) is 8.96. The van der Waals surface area contributed by atoms with E-state index in [1.807, 2.05) is 18.5 Å². The lowest BCUT2D eigenvalue weighted by Gasteiger charge is -2.40. The number of anilines is 3. The number of pyridine rings is 2. The van der Waals surface area contributed by atoms with E-state index in [2.05, 4.69) is 35.8 Å². The van der Waals surface area contributed by atoms with Crippen molar-refractivity contribution in [2.45, 2.75) is 44.1 Å². The summed E-state index contributed by atoms with van der Waals surface area (Å²) < 4.78 is 26.2. The number of hydrogen-bond acceptors (Lipinski definition) is 7. The lowest BCUT2D eigenvalue weighted by atomic mass is 10.00. The van der Waals surface area contributed by atoms with Crippen LogP contribution in [0.15, 0.2) is 49.2 Å². The minimum Gasteiger partial charge on any atom is -0.341 e. The van der Waals surface area contributed by atoms with E-state index >= 15 is 0 Å². The fourth-order valence-electron chi connectivity index (χ4n) is 4.42. The molecule has 0 unspecified atom stereocenters. The average Bonchev–Trinajstić information content (AvgIpc) is 3.71. The lowest BCUT2D eigenvalue weighted by Crippen LogP contribution is -2.44. The molecule has 0 amide bonds. The third kappa shape index (κ3) is 4.46. The Balaban J connectivity index is 1.42. The number of halogens is 2. The van der Waals surface area contributed by atoms with Crippen LogP contribution >= 0.6 is 0 Å². The van der Waals surface area contributed by atoms with Crippen LogP contribution in [-0.4, -0.2) is 39.1 Å². The molecule has 0 aromatic carbocycles. The molecular formula is C24H23F2N7. The van der Waals surface area contributed by atoms with E-state index in [4.69, 9.17) is 5.26 Å². The maximum absolute atomic E-state index is 13.1. The van der Waals surface area contributed by atoms with Crippen LogP contribution in [0, 0.1) is 11.3 Å². The van der Waals surface area contributed by atoms with Crippen LogP contribution in [-0.2, 0) is 0 Å². The van der Waals surface area contributed by atoms with Crippen LogP contribution < -0.4 is 9.80 Å². The molecule has 0 bridgehead atoms. The standard InChI is InChI=1S/C24H23F2N7/c25-23(26)21-4-3-19(14-29-21)33(22-15-28-8-5-20(22)17-1-2-17)18-6-9-32(10-7-18)24-30-12-16(11-27)13-31-24/h3-5,8,12-15,17-18,23H,1-2,6-7,9-10H2. The molecule has 0 atom stereocenters. The van der Waals surface area contributed by atoms with Gasteiger partial charge >= 0.3 is 0 Å². The summed E-state index contributed by atoms with van der Waals surface area (Å²) in [5.41, 5.74) is 3.28. The van der Waals surface area contributed by atoms with Crippen molar-refractivity contribution in [2.75, 3.05) is 22.9 Å². The largest absolute Gasteiger partial charge is 0.341 e. The zero-order valence-electron chi connectivity index (χ0n) is 18.0. The van der Waals surface area contributed by atoms with Gasteiger partial charge in [0.1, 0.15) is 11.8 Å². The van der Waals surface area contributed by atoms with Gasteiger partial charge in [-0.15, -0.1) is 0 Å². The highest BCUT2D eigenvalue weighted by Crippen LogP contribution is 2.46. The van der Waals surface area contributed by atoms with Gasteiger partial charge in [0.2, 0.25) is 5.95 Å². The van der Waals surface area contributed by atoms with Crippen molar-refractivity contribution in [3.05, 3.63) is 66.0 Å². The van der Waals surface area contributed by atoms with Gasteiger partial charge in [-0.2, -0.15) is 5.26 Å². The second-order valence-corrected chi connectivity index (χ2v) is 8.42. The Bertz CT molecular complexity index is 1130. The average molecular weight is 447 g/mol. The molecule has 4 heterocycles. The van der Waals surface area contributed by atoms with Crippen molar-refractivity contribution < 1.29 is 8.78 Å². The Morgan fingerprint density at radius 2 is 1.73 bits per heavy atom. The molecule has 7 nitrogen and oxygen atoms in total. The van der Waals surface area contributed by atoms with Crippen LogP contribution in [0.5, 0.6) is 0 Å². The monoisotopic (exact) mass is 447 g/mol. The number of aromatic nitrogens is 4. The van der Waals surface area contributed by atoms with Gasteiger partial charge in [0.15, 0.2) is 0 Å². The van der Waals surface area contributed by atoms with Crippen molar-refractivity contribution in [1.82, 2.24) is 19.9 Å². The number of piperidine rings is 1. The van der Waals surface area contributed by atoms with E-state index in [-0.39, 0.29) is 11.7 Å². The van der Waals surface area contributed by atoms with E-state index in [1.54, 1.807) is 12.3 Å². The van der Waals surface area contributed by atoms with Crippen molar-refractivity contribution >= 4 is 17.3 Å². The maximum atomic E-state index is 13.1. The van der Waals surface area contributed by atoms with Crippen molar-refractivity contribution in [1.29, 1.82) is 5.26 Å². The van der Waals surface area contributed by atoms with Gasteiger partial charge in [-0.3, -0.25) is 9.97 Å². The SMILES string of the molecule is N#Cc1cnc(N2CCC(N(c3ccc(C(F)F)nc3)c3cnccc3C3CC3)CC2)nc1. The van der Waals surface area contributed by atoms with Gasteiger partial charge in [-0.25, -0.2) is 18.7 Å². The highest BCUT2D eigenvalue weighted by molar-refractivity contribution is 5.67. The summed E-state index contributed by atoms with van der Waals surface area (Å²) >= 11 is 0. The molecule has 1 aliphatic carbocycles. The molecule has 0 spiro atoms. The molecule has 3 aromatic rings. The van der Waals surface area contributed by atoms with Gasteiger partial charge in [-0.1, -0.05) is 0 Å². The predicted molar refractivity (Wildman–Crippen MR) is 120 cm³/mol. The second-order valence-electron chi connectivity index (χ2n) is 8.42. The summed E-state index contributed by atoms with van der Waals surface area (Å²) in [7, 11) is 0. The van der Waals surface area contributed by atoms with E-state index in [0.29, 0.717) is 17.4 Å². The molecule has 0 N–H and O–H groups in total. The number of hydrogen-bond donors (Lipinski definition) is 0. The first-order valence-electron chi connectivity index (χ1n) is 11.1. The number of nitrogens with zero attached hydrogens (tertiary/aromatic N) is 7. The highest BCUT2D eigenvalue weighted by atomic mass is 19.3. The normalized spacial score (nSPS) is 16.6. The molecule has 9 heteroatoms. The second kappa shape index (κ2) is 9.06. The van der Waals surface area contributed by atoms with Gasteiger partial charge in [0.05, 0.1) is 41.7 Å². The fraction of sp³-hybridized carbons (Fsp3) is 0.375. The van der Waals surface area contributed by atoms with Gasteiger partial charge in [0, 0.05) is 25.3 Å². The van der Waals surface area contributed by atoms with Crippen LogP contribution in [0.4, 0.5) is 26.1 Å². The summed E-state index contributed by atoms with van der Waals surface area (Å²) in [6.45, 7) is 1.49. The summed E-state index contributed by atoms with van der Waals surface area (Å²) in [5.74, 6) is 1.13. The van der Waals surface area contributed by atoms with Crippen molar-refractivity contribution in [2.24, 2.45) is 0 Å². The first kappa shape index (κ1) is 21.2. The topological polar surface area (TPSA) is 81.8 Å². The molecule has 33 heavy (non-hydrogen) atoms. The van der Waals surface area contributed by atoms with Crippen LogP contribution in [0.25, 0.3) is 0 Å². The van der Waals surface area contributed by atoms with Crippen LogP contribution in [0.2, 0.25) is 0 Å². The lowest BCUT2D eigenvalue weighted by molar-refractivity contribution is 0.146. The van der Waals surface area contributed by atoms with Crippen LogP contribution in [0.3, 0.4) is 0 Å². The third-order valence-electron chi connectivity index (χ3n) is 6.26. The zero-order valence-corrected chi connectivity index (χ0v) is 18.0. The smallest absolute Gasteiger partial charge is 0.280 e. The molecule has 5 rings (SSSR count).